The summed E-state index contributed by atoms with van der Waals surface area (Å²) < 4.78 is 2.49. The smallest absolute Gasteiger partial charge is 0.0619 e. The number of aromatic nitrogens is 1. The lowest BCUT2D eigenvalue weighted by Gasteiger charge is -2.28. The first-order valence-electron chi connectivity index (χ1n) is 24.0. The van der Waals surface area contributed by atoms with Gasteiger partial charge in [0, 0.05) is 44.4 Å². The molecule has 0 aliphatic heterocycles. The van der Waals surface area contributed by atoms with Gasteiger partial charge in [0.2, 0.25) is 0 Å². The van der Waals surface area contributed by atoms with Crippen LogP contribution in [0.25, 0.3) is 93.9 Å². The topological polar surface area (TPSA) is 8.17 Å². The fourth-order valence-electron chi connectivity index (χ4n) is 11.2. The van der Waals surface area contributed by atoms with E-state index < -0.39 is 0 Å². The minimum absolute atomic E-state index is 0.128. The molecule has 1 aromatic heterocycles. The fraction of sp³-hybridized carbons (Fsp3) is 0.0448. The number of hydrogen-bond donors (Lipinski definition) is 0. The van der Waals surface area contributed by atoms with Gasteiger partial charge in [-0.15, -0.1) is 0 Å². The van der Waals surface area contributed by atoms with Gasteiger partial charge >= 0.3 is 0 Å². The first kappa shape index (κ1) is 40.5. The maximum Gasteiger partial charge on any atom is 0.0619 e. The first-order chi connectivity index (χ1) is 34.0. The van der Waals surface area contributed by atoms with Gasteiger partial charge in [0.1, 0.15) is 0 Å². The van der Waals surface area contributed by atoms with Crippen LogP contribution in [0.3, 0.4) is 0 Å². The van der Waals surface area contributed by atoms with E-state index in [0.29, 0.717) is 0 Å². The van der Waals surface area contributed by atoms with Crippen LogP contribution >= 0.6 is 0 Å². The van der Waals surface area contributed by atoms with Gasteiger partial charge in [-0.3, -0.25) is 0 Å². The Hall–Kier alpha value is -8.72. The third kappa shape index (κ3) is 6.71. The van der Waals surface area contributed by atoms with Gasteiger partial charge in [0.25, 0.3) is 0 Å². The number of benzene rings is 11. The summed E-state index contributed by atoms with van der Waals surface area (Å²) in [5.41, 5.74) is 21.7. The molecule has 0 unspecified atom stereocenters. The molecule has 326 valence electrons. The van der Waals surface area contributed by atoms with Gasteiger partial charge in [-0.2, -0.15) is 0 Å². The normalized spacial score (nSPS) is 12.6. The summed E-state index contributed by atoms with van der Waals surface area (Å²) in [4.78, 5) is 2.42. The van der Waals surface area contributed by atoms with Crippen molar-refractivity contribution in [2.75, 3.05) is 4.90 Å². The van der Waals surface area contributed by atoms with Crippen LogP contribution in [-0.4, -0.2) is 4.57 Å². The van der Waals surface area contributed by atoms with Crippen LogP contribution in [0.2, 0.25) is 0 Å². The average Bonchev–Trinajstić information content (AvgIpc) is 3.87. The van der Waals surface area contributed by atoms with Crippen molar-refractivity contribution in [1.29, 1.82) is 0 Å². The Balaban J connectivity index is 0.941. The lowest BCUT2D eigenvalue weighted by Crippen LogP contribution is -2.16. The highest BCUT2D eigenvalue weighted by molar-refractivity contribution is 6.14. The molecule has 0 saturated carbocycles. The quantitative estimate of drug-likeness (QED) is 0.148. The molecule has 11 aromatic carbocycles. The first-order valence-corrected chi connectivity index (χ1v) is 24.0. The fourth-order valence-corrected chi connectivity index (χ4v) is 11.2. The van der Waals surface area contributed by atoms with Crippen LogP contribution in [-0.2, 0) is 5.41 Å². The Kier molecular flexibility index (Phi) is 9.55. The van der Waals surface area contributed by atoms with E-state index in [4.69, 9.17) is 0 Å². The van der Waals surface area contributed by atoms with Crippen LogP contribution in [0.4, 0.5) is 17.1 Å². The van der Waals surface area contributed by atoms with Crippen LogP contribution in [0.15, 0.2) is 255 Å². The number of anilines is 3. The summed E-state index contributed by atoms with van der Waals surface area (Å²) in [5, 5.41) is 4.98. The Labute approximate surface area is 403 Å². The molecule has 0 N–H and O–H groups in total. The lowest BCUT2D eigenvalue weighted by molar-refractivity contribution is 0.660. The molecule has 0 fully saturated rings. The van der Waals surface area contributed by atoms with E-state index in [1.807, 2.05) is 0 Å². The van der Waals surface area contributed by atoms with Crippen molar-refractivity contribution in [3.8, 4) is 61.3 Å². The molecule has 0 atom stereocenters. The molecule has 0 saturated heterocycles. The molecule has 69 heavy (non-hydrogen) atoms. The molecule has 12 aromatic rings. The van der Waals surface area contributed by atoms with Gasteiger partial charge in [-0.1, -0.05) is 214 Å². The van der Waals surface area contributed by atoms with Gasteiger partial charge in [0.05, 0.1) is 16.7 Å². The number of rotatable bonds is 8. The average molecular weight is 881 g/mol. The molecule has 0 bridgehead atoms. The summed E-state index contributed by atoms with van der Waals surface area (Å²) in [6.45, 7) is 4.72. The standard InChI is InChI=1S/C67H48N2/c1-67(2)62-30-11-8-25-58(62)59-42-41-53(44-63(59)67)68(51-37-33-47(34-38-51)55-27-15-20-46-19-6-7-23-54(46)55)52-39-35-48(36-40-52)56-24-9-12-31-64(56)69-65-32-13-10-26-60(65)61-29-16-28-57(66(61)69)50-22-14-21-49(43-50)45-17-4-3-5-18-45/h3-44H,1-2H3. The van der Waals surface area contributed by atoms with Gasteiger partial charge < -0.3 is 9.47 Å². The second kappa shape index (κ2) is 16.3. The van der Waals surface area contributed by atoms with Crippen LogP contribution in [0.1, 0.15) is 25.0 Å². The third-order valence-electron chi connectivity index (χ3n) is 14.6. The number of nitrogens with zero attached hydrogens (tertiary/aromatic N) is 2. The molecule has 1 aliphatic carbocycles. The molecule has 0 spiro atoms. The zero-order chi connectivity index (χ0) is 46.1. The molecule has 1 aliphatic rings. The van der Waals surface area contributed by atoms with Crippen LogP contribution < -0.4 is 4.90 Å². The zero-order valence-corrected chi connectivity index (χ0v) is 38.6. The maximum absolute atomic E-state index is 2.49. The minimum atomic E-state index is -0.128. The lowest BCUT2D eigenvalue weighted by atomic mass is 9.82. The van der Waals surface area contributed by atoms with Crippen molar-refractivity contribution < 1.29 is 0 Å². The number of hydrogen-bond acceptors (Lipinski definition) is 1. The monoisotopic (exact) mass is 880 g/mol. The van der Waals surface area contributed by atoms with E-state index in [1.165, 1.54) is 93.8 Å². The van der Waals surface area contributed by atoms with Crippen molar-refractivity contribution in [3.05, 3.63) is 266 Å². The maximum atomic E-state index is 2.49. The van der Waals surface area contributed by atoms with Crippen molar-refractivity contribution >= 4 is 49.6 Å². The van der Waals surface area contributed by atoms with Crippen LogP contribution in [0.5, 0.6) is 0 Å². The van der Waals surface area contributed by atoms with Gasteiger partial charge in [0.15, 0.2) is 0 Å². The molecular weight excluding hydrogens is 833 g/mol. The van der Waals surface area contributed by atoms with E-state index in [-0.39, 0.29) is 5.41 Å². The van der Waals surface area contributed by atoms with E-state index in [1.54, 1.807) is 0 Å². The molecule has 0 radical (unpaired) electrons. The van der Waals surface area contributed by atoms with Crippen LogP contribution in [0, 0.1) is 0 Å². The summed E-state index contributed by atoms with van der Waals surface area (Å²) in [5.74, 6) is 0. The summed E-state index contributed by atoms with van der Waals surface area (Å²) in [6.07, 6.45) is 0. The largest absolute Gasteiger partial charge is 0.310 e. The highest BCUT2D eigenvalue weighted by atomic mass is 15.1. The Bertz CT molecular complexity index is 3910. The van der Waals surface area contributed by atoms with Crippen molar-refractivity contribution in [2.24, 2.45) is 0 Å². The molecular formula is C67H48N2. The molecule has 2 heteroatoms. The number of fused-ring (bicyclic) bond motifs is 7. The second-order valence-electron chi connectivity index (χ2n) is 18.9. The van der Waals surface area contributed by atoms with E-state index in [9.17, 15) is 0 Å². The Morgan fingerprint density at radius 3 is 1.67 bits per heavy atom. The Morgan fingerprint density at radius 1 is 0.319 bits per heavy atom. The summed E-state index contributed by atoms with van der Waals surface area (Å²) in [7, 11) is 0. The predicted molar refractivity (Wildman–Crippen MR) is 292 cm³/mol. The highest BCUT2D eigenvalue weighted by Crippen LogP contribution is 2.51. The van der Waals surface area contributed by atoms with Crippen molar-refractivity contribution in [2.45, 2.75) is 19.3 Å². The van der Waals surface area contributed by atoms with E-state index in [0.717, 1.165) is 28.3 Å². The second-order valence-corrected chi connectivity index (χ2v) is 18.9. The molecule has 2 nitrogen and oxygen atoms in total. The molecule has 1 heterocycles. The van der Waals surface area contributed by atoms with E-state index in [2.05, 4.69) is 278 Å². The molecule has 0 amide bonds. The third-order valence-corrected chi connectivity index (χ3v) is 14.6. The van der Waals surface area contributed by atoms with Crippen molar-refractivity contribution in [1.82, 2.24) is 4.57 Å². The Morgan fingerprint density at radius 2 is 0.855 bits per heavy atom. The van der Waals surface area contributed by atoms with Gasteiger partial charge in [-0.25, -0.2) is 0 Å². The van der Waals surface area contributed by atoms with E-state index >= 15 is 0 Å². The SMILES string of the molecule is CC1(C)c2ccccc2-c2ccc(N(c3ccc(-c4ccccc4-n4c5ccccc5c5cccc(-c6cccc(-c7ccccc7)c6)c54)cc3)c3ccc(-c4cccc5ccccc45)cc3)cc21. The minimum Gasteiger partial charge on any atom is -0.310 e. The summed E-state index contributed by atoms with van der Waals surface area (Å²) >= 11 is 0. The zero-order valence-electron chi connectivity index (χ0n) is 38.6. The van der Waals surface area contributed by atoms with Crippen molar-refractivity contribution in [3.63, 3.8) is 0 Å². The predicted octanol–water partition coefficient (Wildman–Crippen LogP) is 18.4. The number of para-hydroxylation sites is 3. The molecule has 13 rings (SSSR count). The highest BCUT2D eigenvalue weighted by Gasteiger charge is 2.36. The summed E-state index contributed by atoms with van der Waals surface area (Å²) in [6, 6.07) is 93.6. The van der Waals surface area contributed by atoms with Gasteiger partial charge in [-0.05, 0) is 121 Å².